The lowest BCUT2D eigenvalue weighted by Gasteiger charge is -2.22. The van der Waals surface area contributed by atoms with Crippen LogP contribution in [0.4, 0.5) is 0 Å². The maximum absolute atomic E-state index is 12.1. The average molecular weight is 323 g/mol. The van der Waals surface area contributed by atoms with Crippen LogP contribution in [0.5, 0.6) is 0 Å². The largest absolute Gasteiger partial charge is 0.317 e. The number of sulfonamides is 1. The van der Waals surface area contributed by atoms with Gasteiger partial charge in [0.25, 0.3) is 0 Å². The van der Waals surface area contributed by atoms with E-state index in [0.717, 1.165) is 32.4 Å². The summed E-state index contributed by atoms with van der Waals surface area (Å²) < 4.78 is 26.3. The summed E-state index contributed by atoms with van der Waals surface area (Å²) in [6.07, 6.45) is 4.51. The summed E-state index contributed by atoms with van der Waals surface area (Å²) in [4.78, 5) is 16.1. The number of aromatic nitrogens is 1. The minimum absolute atomic E-state index is 0.137. The van der Waals surface area contributed by atoms with Crippen LogP contribution in [0, 0.1) is 17.8 Å². The Bertz CT molecular complexity index is 627. The predicted molar refractivity (Wildman–Crippen MR) is 82.2 cm³/mol. The number of hydrogen-bond donors (Lipinski definition) is 2. The smallest absolute Gasteiger partial charge is 0.240 e. The lowest BCUT2D eigenvalue weighted by Crippen LogP contribution is -2.34. The molecule has 1 saturated heterocycles. The van der Waals surface area contributed by atoms with E-state index in [1.54, 1.807) is 24.4 Å². The molecule has 2 N–H and O–H groups in total. The third kappa shape index (κ3) is 3.84. The van der Waals surface area contributed by atoms with Gasteiger partial charge in [-0.1, -0.05) is 6.07 Å². The molecule has 0 bridgehead atoms. The van der Waals surface area contributed by atoms with Gasteiger partial charge in [0.2, 0.25) is 15.9 Å². The highest BCUT2D eigenvalue weighted by Gasteiger charge is 2.48. The first kappa shape index (κ1) is 15.4. The molecule has 0 unspecified atom stereocenters. The molecule has 1 aromatic rings. The molecule has 22 heavy (non-hydrogen) atoms. The second-order valence-electron chi connectivity index (χ2n) is 6.14. The Labute approximate surface area is 130 Å². The van der Waals surface area contributed by atoms with Crippen molar-refractivity contribution in [1.29, 1.82) is 0 Å². The maximum Gasteiger partial charge on any atom is 0.240 e. The van der Waals surface area contributed by atoms with E-state index >= 15 is 0 Å². The first-order valence-electron chi connectivity index (χ1n) is 7.70. The molecule has 2 fully saturated rings. The second-order valence-corrected chi connectivity index (χ2v) is 7.86. The summed E-state index contributed by atoms with van der Waals surface area (Å²) in [5.74, 6) is 0.160. The molecule has 2 atom stereocenters. The van der Waals surface area contributed by atoms with Crippen LogP contribution in [0.3, 0.4) is 0 Å². The summed E-state index contributed by atoms with van der Waals surface area (Å²) in [5.41, 5.74) is 0.438. The molecule has 1 aliphatic carbocycles. The number of hydrogen-bond acceptors (Lipinski definition) is 5. The van der Waals surface area contributed by atoms with Crippen molar-refractivity contribution in [2.45, 2.75) is 25.0 Å². The van der Waals surface area contributed by atoms with Gasteiger partial charge in [0, 0.05) is 12.1 Å². The van der Waals surface area contributed by atoms with E-state index in [2.05, 4.69) is 15.0 Å². The van der Waals surface area contributed by atoms with E-state index < -0.39 is 10.0 Å². The van der Waals surface area contributed by atoms with Crippen molar-refractivity contribution in [3.8, 4) is 0 Å². The Kier molecular flexibility index (Phi) is 4.44. The highest BCUT2D eigenvalue weighted by molar-refractivity contribution is 7.89. The Balaban J connectivity index is 1.53. The van der Waals surface area contributed by atoms with Crippen LogP contribution < -0.4 is 10.0 Å². The van der Waals surface area contributed by atoms with E-state index in [1.807, 2.05) is 0 Å². The standard InChI is InChI=1S/C15H21N3O3S/c19-15(14-9-13(14)11-4-7-16-8-5-11)18-22(20,21)10-12-3-1-2-6-17-12/h1-3,6,11,13-14,16H,4-5,7-10H2,(H,18,19)/t13-,14+/m0/s1. The van der Waals surface area contributed by atoms with Gasteiger partial charge in [-0.2, -0.15) is 0 Å². The van der Waals surface area contributed by atoms with Gasteiger partial charge in [-0.3, -0.25) is 14.5 Å². The molecule has 0 aromatic carbocycles. The quantitative estimate of drug-likeness (QED) is 0.831. The van der Waals surface area contributed by atoms with E-state index in [1.165, 1.54) is 0 Å². The first-order valence-corrected chi connectivity index (χ1v) is 9.35. The molecule has 6 nitrogen and oxygen atoms in total. The molecule has 120 valence electrons. The van der Waals surface area contributed by atoms with Gasteiger partial charge in [-0.15, -0.1) is 0 Å². The number of carbonyl (C=O) groups is 1. The molecule has 7 heteroatoms. The first-order chi connectivity index (χ1) is 10.6. The summed E-state index contributed by atoms with van der Waals surface area (Å²) in [7, 11) is -3.67. The van der Waals surface area contributed by atoms with Crippen molar-refractivity contribution in [3.05, 3.63) is 30.1 Å². The molecule has 1 aromatic heterocycles. The van der Waals surface area contributed by atoms with E-state index in [9.17, 15) is 13.2 Å². The van der Waals surface area contributed by atoms with Crippen molar-refractivity contribution in [1.82, 2.24) is 15.0 Å². The number of rotatable bonds is 5. The van der Waals surface area contributed by atoms with Crippen LogP contribution in [0.1, 0.15) is 25.0 Å². The third-order valence-electron chi connectivity index (χ3n) is 4.49. The summed E-state index contributed by atoms with van der Waals surface area (Å²) in [6.45, 7) is 1.99. The summed E-state index contributed by atoms with van der Waals surface area (Å²) >= 11 is 0. The zero-order chi connectivity index (χ0) is 15.6. The van der Waals surface area contributed by atoms with Crippen molar-refractivity contribution < 1.29 is 13.2 Å². The van der Waals surface area contributed by atoms with E-state index in [0.29, 0.717) is 17.5 Å². The monoisotopic (exact) mass is 323 g/mol. The molecular formula is C15H21N3O3S. The van der Waals surface area contributed by atoms with Gasteiger partial charge in [-0.05, 0) is 56.3 Å². The number of piperidine rings is 1. The summed E-state index contributed by atoms with van der Waals surface area (Å²) in [6, 6.07) is 5.09. The molecule has 1 saturated carbocycles. The molecule has 1 aliphatic heterocycles. The van der Waals surface area contributed by atoms with Crippen LogP contribution in [0.15, 0.2) is 24.4 Å². The molecule has 2 aliphatic rings. The summed E-state index contributed by atoms with van der Waals surface area (Å²) in [5, 5.41) is 3.30. The minimum atomic E-state index is -3.67. The van der Waals surface area contributed by atoms with Gasteiger partial charge in [0.15, 0.2) is 0 Å². The topological polar surface area (TPSA) is 88.2 Å². The Hall–Kier alpha value is -1.47. The molecule has 3 rings (SSSR count). The SMILES string of the molecule is O=C(NS(=O)(=O)Cc1ccccn1)[C@@H]1C[C@H]1C1CCNCC1. The lowest BCUT2D eigenvalue weighted by atomic mass is 9.92. The van der Waals surface area contributed by atoms with Gasteiger partial charge in [-0.25, -0.2) is 8.42 Å². The molecular weight excluding hydrogens is 302 g/mol. The van der Waals surface area contributed by atoms with Gasteiger partial charge >= 0.3 is 0 Å². The fourth-order valence-electron chi connectivity index (χ4n) is 3.25. The average Bonchev–Trinajstić information content (AvgIpc) is 3.29. The van der Waals surface area contributed by atoms with E-state index in [-0.39, 0.29) is 17.6 Å². The third-order valence-corrected chi connectivity index (χ3v) is 5.67. The fourth-order valence-corrected chi connectivity index (χ4v) is 4.34. The van der Waals surface area contributed by atoms with Crippen LogP contribution in [-0.4, -0.2) is 32.4 Å². The van der Waals surface area contributed by atoms with Crippen molar-refractivity contribution in [2.24, 2.45) is 17.8 Å². The molecule has 0 spiro atoms. The van der Waals surface area contributed by atoms with Gasteiger partial charge in [0.1, 0.15) is 5.75 Å². The van der Waals surface area contributed by atoms with Crippen molar-refractivity contribution in [3.63, 3.8) is 0 Å². The number of amides is 1. The zero-order valence-electron chi connectivity index (χ0n) is 12.4. The van der Waals surface area contributed by atoms with E-state index in [4.69, 9.17) is 0 Å². The fraction of sp³-hybridized carbons (Fsp3) is 0.600. The zero-order valence-corrected chi connectivity index (χ0v) is 13.2. The Morgan fingerprint density at radius 2 is 2.09 bits per heavy atom. The second kappa shape index (κ2) is 6.34. The molecule has 1 amide bonds. The lowest BCUT2D eigenvalue weighted by molar-refractivity contribution is -0.121. The van der Waals surface area contributed by atoms with Crippen LogP contribution >= 0.6 is 0 Å². The van der Waals surface area contributed by atoms with Gasteiger partial charge in [0.05, 0.1) is 5.69 Å². The highest BCUT2D eigenvalue weighted by Crippen LogP contribution is 2.47. The number of carbonyl (C=O) groups excluding carboxylic acids is 1. The Morgan fingerprint density at radius 1 is 1.32 bits per heavy atom. The molecule has 0 radical (unpaired) electrons. The van der Waals surface area contributed by atoms with Gasteiger partial charge < -0.3 is 5.32 Å². The number of nitrogens with one attached hydrogen (secondary N) is 2. The van der Waals surface area contributed by atoms with Crippen molar-refractivity contribution in [2.75, 3.05) is 13.1 Å². The van der Waals surface area contributed by atoms with Crippen molar-refractivity contribution >= 4 is 15.9 Å². The normalized spacial score (nSPS) is 25.6. The molecule has 2 heterocycles. The van der Waals surface area contributed by atoms with Crippen LogP contribution in [-0.2, 0) is 20.6 Å². The maximum atomic E-state index is 12.1. The highest BCUT2D eigenvalue weighted by atomic mass is 32.2. The minimum Gasteiger partial charge on any atom is -0.317 e. The predicted octanol–water partition coefficient (Wildman–Crippen LogP) is 0.663. The Morgan fingerprint density at radius 3 is 2.77 bits per heavy atom. The van der Waals surface area contributed by atoms with Crippen LogP contribution in [0.25, 0.3) is 0 Å². The van der Waals surface area contributed by atoms with Crippen LogP contribution in [0.2, 0.25) is 0 Å². The number of pyridine rings is 1. The number of nitrogens with zero attached hydrogens (tertiary/aromatic N) is 1.